The number of hydrogen-bond acceptors (Lipinski definition) is 7. The second-order valence-electron chi connectivity index (χ2n) is 4.16. The fraction of sp³-hybridized carbons (Fsp3) is 0.400. The van der Waals surface area contributed by atoms with Gasteiger partial charge in [-0.25, -0.2) is 10.8 Å². The van der Waals surface area contributed by atoms with Crippen LogP contribution >= 0.6 is 0 Å². The molecule has 0 unspecified atom stereocenters. The van der Waals surface area contributed by atoms with E-state index in [-0.39, 0.29) is 29.9 Å². The van der Waals surface area contributed by atoms with Crippen LogP contribution in [0.3, 0.4) is 0 Å². The minimum Gasteiger partial charge on any atom is -0.368 e. The van der Waals surface area contributed by atoms with E-state index < -0.39 is 10.8 Å². The van der Waals surface area contributed by atoms with Crippen LogP contribution in [0.4, 0.5) is 17.3 Å². The third-order valence-electron chi connectivity index (χ3n) is 2.40. The van der Waals surface area contributed by atoms with Crippen LogP contribution < -0.4 is 21.9 Å². The summed E-state index contributed by atoms with van der Waals surface area (Å²) in [6, 6.07) is 2.36. The van der Waals surface area contributed by atoms with Crippen LogP contribution in [0.15, 0.2) is 12.1 Å². The lowest BCUT2D eigenvalue weighted by Crippen LogP contribution is -2.39. The Balaban J connectivity index is 3.24. The maximum atomic E-state index is 11.0. The van der Waals surface area contributed by atoms with Crippen molar-refractivity contribution in [1.82, 2.24) is 4.98 Å². The molecule has 0 saturated carbocycles. The molecule has 0 aromatic carbocycles. The molecule has 1 aromatic rings. The van der Waals surface area contributed by atoms with Crippen LogP contribution in [-0.2, 0) is 4.79 Å². The van der Waals surface area contributed by atoms with Crippen molar-refractivity contribution >= 4 is 23.2 Å². The number of aromatic nitrogens is 1. The lowest BCUT2D eigenvalue weighted by molar-refractivity contribution is -0.384. The van der Waals surface area contributed by atoms with E-state index in [1.54, 1.807) is 4.90 Å². The molecular formula is C10H16N6O3. The minimum absolute atomic E-state index is 0.0875. The lowest BCUT2D eigenvalue weighted by Gasteiger charge is -2.26. The van der Waals surface area contributed by atoms with E-state index in [9.17, 15) is 14.9 Å². The molecule has 1 heterocycles. The van der Waals surface area contributed by atoms with Gasteiger partial charge in [0, 0.05) is 6.04 Å². The van der Waals surface area contributed by atoms with Gasteiger partial charge in [0.25, 0.3) is 5.69 Å². The molecule has 1 amide bonds. The van der Waals surface area contributed by atoms with Crippen LogP contribution in [0.2, 0.25) is 0 Å². The van der Waals surface area contributed by atoms with Crippen molar-refractivity contribution in [2.24, 2.45) is 11.6 Å². The first-order valence-corrected chi connectivity index (χ1v) is 5.53. The van der Waals surface area contributed by atoms with Gasteiger partial charge in [0.2, 0.25) is 5.91 Å². The van der Waals surface area contributed by atoms with Crippen molar-refractivity contribution in [2.45, 2.75) is 19.9 Å². The maximum absolute atomic E-state index is 11.0. The van der Waals surface area contributed by atoms with E-state index in [0.29, 0.717) is 0 Å². The molecule has 0 aliphatic rings. The average molecular weight is 268 g/mol. The lowest BCUT2D eigenvalue weighted by atomic mass is 10.2. The van der Waals surface area contributed by atoms with Crippen molar-refractivity contribution in [3.8, 4) is 0 Å². The quantitative estimate of drug-likeness (QED) is 0.374. The number of nitrogen functional groups attached to an aromatic ring is 1. The Morgan fingerprint density at radius 2 is 2.21 bits per heavy atom. The number of pyridine rings is 1. The largest absolute Gasteiger partial charge is 0.368 e. The number of nitrogens with zero attached hydrogens (tertiary/aromatic N) is 3. The molecule has 0 aliphatic carbocycles. The van der Waals surface area contributed by atoms with Crippen molar-refractivity contribution in [2.75, 3.05) is 16.9 Å². The number of primary amides is 1. The molecule has 9 heteroatoms. The Labute approximate surface area is 109 Å². The van der Waals surface area contributed by atoms with Crippen LogP contribution in [0.1, 0.15) is 13.8 Å². The minimum atomic E-state index is -0.561. The summed E-state index contributed by atoms with van der Waals surface area (Å²) in [5.41, 5.74) is 7.23. The van der Waals surface area contributed by atoms with Gasteiger partial charge in [-0.15, -0.1) is 0 Å². The van der Waals surface area contributed by atoms with E-state index in [0.717, 1.165) is 0 Å². The van der Waals surface area contributed by atoms with E-state index in [2.05, 4.69) is 10.4 Å². The molecule has 0 atom stereocenters. The summed E-state index contributed by atoms with van der Waals surface area (Å²) in [5, 5.41) is 10.8. The summed E-state index contributed by atoms with van der Waals surface area (Å²) in [5.74, 6) is 5.07. The van der Waals surface area contributed by atoms with Crippen LogP contribution in [-0.4, -0.2) is 28.4 Å². The zero-order valence-electron chi connectivity index (χ0n) is 10.7. The third-order valence-corrected chi connectivity index (χ3v) is 2.40. The molecule has 19 heavy (non-hydrogen) atoms. The van der Waals surface area contributed by atoms with Gasteiger partial charge in [-0.2, -0.15) is 0 Å². The average Bonchev–Trinajstić information content (AvgIpc) is 2.34. The van der Waals surface area contributed by atoms with E-state index in [4.69, 9.17) is 11.6 Å². The molecule has 0 radical (unpaired) electrons. The Bertz CT molecular complexity index is 490. The summed E-state index contributed by atoms with van der Waals surface area (Å²) in [6.45, 7) is 3.55. The molecule has 9 nitrogen and oxygen atoms in total. The molecular weight excluding hydrogens is 252 g/mol. The molecule has 0 saturated heterocycles. The van der Waals surface area contributed by atoms with Crippen LogP contribution in [0.5, 0.6) is 0 Å². The highest BCUT2D eigenvalue weighted by Crippen LogP contribution is 2.24. The SMILES string of the molecule is CC(C)N(CC(N)=O)c1cc([N+](=O)[O-])cc(NN)n1. The molecule has 1 aromatic heterocycles. The van der Waals surface area contributed by atoms with Gasteiger partial charge in [0.1, 0.15) is 11.6 Å². The zero-order valence-corrected chi connectivity index (χ0v) is 10.7. The van der Waals surface area contributed by atoms with Gasteiger partial charge in [0.15, 0.2) is 0 Å². The summed E-state index contributed by atoms with van der Waals surface area (Å²) < 4.78 is 0. The first kappa shape index (κ1) is 14.6. The second-order valence-corrected chi connectivity index (χ2v) is 4.16. The topological polar surface area (TPSA) is 140 Å². The molecule has 1 rings (SSSR count). The number of hydrogen-bond donors (Lipinski definition) is 3. The summed E-state index contributed by atoms with van der Waals surface area (Å²) in [6.07, 6.45) is 0. The number of nitro groups is 1. The van der Waals surface area contributed by atoms with Crippen molar-refractivity contribution in [3.63, 3.8) is 0 Å². The zero-order chi connectivity index (χ0) is 14.6. The first-order valence-electron chi connectivity index (χ1n) is 5.53. The summed E-state index contributed by atoms with van der Waals surface area (Å²) in [7, 11) is 0. The second kappa shape index (κ2) is 5.96. The standard InChI is InChI=1S/C10H16N6O3/c1-6(2)15(5-8(11)17)10-4-7(16(18)19)3-9(13-10)14-12/h3-4,6H,5,12H2,1-2H3,(H2,11,17)(H,13,14). The monoisotopic (exact) mass is 268 g/mol. The summed E-state index contributed by atoms with van der Waals surface area (Å²) in [4.78, 5) is 27.0. The van der Waals surface area contributed by atoms with Gasteiger partial charge in [-0.3, -0.25) is 14.9 Å². The highest BCUT2D eigenvalue weighted by Gasteiger charge is 2.19. The smallest absolute Gasteiger partial charge is 0.276 e. The Morgan fingerprint density at radius 3 is 2.63 bits per heavy atom. The van der Waals surface area contributed by atoms with Crippen molar-refractivity contribution in [1.29, 1.82) is 0 Å². The van der Waals surface area contributed by atoms with Gasteiger partial charge in [-0.05, 0) is 13.8 Å². The fourth-order valence-electron chi connectivity index (χ4n) is 1.52. The number of carbonyl (C=O) groups is 1. The number of nitrogens with two attached hydrogens (primary N) is 2. The van der Waals surface area contributed by atoms with E-state index >= 15 is 0 Å². The normalized spacial score (nSPS) is 10.3. The molecule has 0 spiro atoms. The number of anilines is 2. The molecule has 5 N–H and O–H groups in total. The molecule has 0 fully saturated rings. The molecule has 104 valence electrons. The highest BCUT2D eigenvalue weighted by molar-refractivity contribution is 5.79. The first-order chi connectivity index (χ1) is 8.85. The maximum Gasteiger partial charge on any atom is 0.276 e. The summed E-state index contributed by atoms with van der Waals surface area (Å²) >= 11 is 0. The predicted octanol–water partition coefficient (Wildman–Crippen LogP) is -0.0245. The van der Waals surface area contributed by atoms with E-state index in [1.165, 1.54) is 12.1 Å². The third kappa shape index (κ3) is 3.78. The number of hydrazine groups is 1. The van der Waals surface area contributed by atoms with Crippen LogP contribution in [0.25, 0.3) is 0 Å². The molecule has 0 aliphatic heterocycles. The van der Waals surface area contributed by atoms with Gasteiger partial charge in [-0.1, -0.05) is 0 Å². The fourth-order valence-corrected chi connectivity index (χ4v) is 1.52. The number of amides is 1. The molecule has 0 bridgehead atoms. The number of carbonyl (C=O) groups excluding carboxylic acids is 1. The van der Waals surface area contributed by atoms with Crippen molar-refractivity contribution in [3.05, 3.63) is 22.2 Å². The van der Waals surface area contributed by atoms with Gasteiger partial charge in [0.05, 0.1) is 23.6 Å². The number of rotatable bonds is 6. The number of nitrogens with one attached hydrogen (secondary N) is 1. The Kier molecular flexibility index (Phi) is 4.59. The van der Waals surface area contributed by atoms with Crippen molar-refractivity contribution < 1.29 is 9.72 Å². The Morgan fingerprint density at radius 1 is 1.58 bits per heavy atom. The Hall–Kier alpha value is -2.42. The van der Waals surface area contributed by atoms with Gasteiger partial charge >= 0.3 is 0 Å². The van der Waals surface area contributed by atoms with Crippen LogP contribution in [0, 0.1) is 10.1 Å². The highest BCUT2D eigenvalue weighted by atomic mass is 16.6. The van der Waals surface area contributed by atoms with Gasteiger partial charge < -0.3 is 16.1 Å². The van der Waals surface area contributed by atoms with E-state index in [1.807, 2.05) is 13.8 Å². The predicted molar refractivity (Wildman–Crippen MR) is 70.4 cm³/mol.